The van der Waals surface area contributed by atoms with Crippen molar-refractivity contribution in [1.82, 2.24) is 20.2 Å². The number of aromatic nitrogens is 4. The average molecular weight is 377 g/mol. The van der Waals surface area contributed by atoms with E-state index in [9.17, 15) is 14.9 Å². The van der Waals surface area contributed by atoms with Crippen LogP contribution in [0.1, 0.15) is 24.8 Å². The van der Waals surface area contributed by atoms with E-state index in [1.165, 1.54) is 25.2 Å². The van der Waals surface area contributed by atoms with Crippen LogP contribution in [0.15, 0.2) is 30.6 Å². The first-order valence-electron chi connectivity index (χ1n) is 8.54. The minimum Gasteiger partial charge on any atom is -0.356 e. The number of methoxy groups -OCH3 is 2. The van der Waals surface area contributed by atoms with Gasteiger partial charge in [0.25, 0.3) is 0 Å². The molecule has 10 nitrogen and oxygen atoms in total. The second-order valence-electron chi connectivity index (χ2n) is 6.11. The number of rotatable bonds is 12. The van der Waals surface area contributed by atoms with Crippen molar-refractivity contribution in [2.45, 2.75) is 38.0 Å². The Hall–Kier alpha value is -2.72. The number of ether oxygens (including phenoxy) is 2. The highest BCUT2D eigenvalue weighted by atomic mass is 16.7. The van der Waals surface area contributed by atoms with Crippen molar-refractivity contribution in [1.29, 1.82) is 0 Å². The van der Waals surface area contributed by atoms with E-state index in [4.69, 9.17) is 9.47 Å². The number of benzene rings is 1. The molecule has 10 heteroatoms. The molecule has 2 atom stereocenters. The maximum absolute atomic E-state index is 11.6. The number of nitrogens with zero attached hydrogens (tertiary/aromatic N) is 5. The Kier molecular flexibility index (Phi) is 7.96. The lowest BCUT2D eigenvalue weighted by molar-refractivity contribution is -0.534. The number of aldehydes is 1. The Bertz CT molecular complexity index is 703. The third-order valence-electron chi connectivity index (χ3n) is 4.51. The second-order valence-corrected chi connectivity index (χ2v) is 6.11. The lowest BCUT2D eigenvalue weighted by Crippen LogP contribution is -2.33. The van der Waals surface area contributed by atoms with Crippen molar-refractivity contribution in [3.8, 4) is 5.69 Å². The van der Waals surface area contributed by atoms with Crippen LogP contribution in [0.4, 0.5) is 0 Å². The van der Waals surface area contributed by atoms with Crippen molar-refractivity contribution in [2.75, 3.05) is 14.2 Å². The molecule has 0 aliphatic heterocycles. The third kappa shape index (κ3) is 5.90. The van der Waals surface area contributed by atoms with Crippen LogP contribution >= 0.6 is 0 Å². The quantitative estimate of drug-likeness (QED) is 0.236. The molecule has 27 heavy (non-hydrogen) atoms. The topological polar surface area (TPSA) is 122 Å². The summed E-state index contributed by atoms with van der Waals surface area (Å²) in [5.74, 6) is -0.456. The predicted octanol–water partition coefficient (Wildman–Crippen LogP) is 1.45. The van der Waals surface area contributed by atoms with E-state index in [0.717, 1.165) is 11.3 Å². The fourth-order valence-electron chi connectivity index (χ4n) is 2.99. The van der Waals surface area contributed by atoms with Crippen molar-refractivity contribution in [2.24, 2.45) is 5.92 Å². The Morgan fingerprint density at radius 1 is 1.26 bits per heavy atom. The number of tetrazole rings is 1. The van der Waals surface area contributed by atoms with Crippen LogP contribution in [0.5, 0.6) is 0 Å². The van der Waals surface area contributed by atoms with Gasteiger partial charge in [-0.05, 0) is 34.5 Å². The summed E-state index contributed by atoms with van der Waals surface area (Å²) >= 11 is 0. The largest absolute Gasteiger partial charge is 0.356 e. The van der Waals surface area contributed by atoms with Crippen molar-refractivity contribution < 1.29 is 19.2 Å². The molecule has 0 aliphatic carbocycles. The van der Waals surface area contributed by atoms with Gasteiger partial charge in [0.2, 0.25) is 6.04 Å². The Balaban J connectivity index is 2.03. The van der Waals surface area contributed by atoms with Crippen LogP contribution in [0.2, 0.25) is 0 Å². The normalized spacial score (nSPS) is 13.4. The van der Waals surface area contributed by atoms with Gasteiger partial charge in [-0.25, -0.2) is 4.68 Å². The molecule has 1 heterocycles. The fourth-order valence-corrected chi connectivity index (χ4v) is 2.99. The zero-order valence-electron chi connectivity index (χ0n) is 15.3. The SMILES string of the molecule is COC(CC(CC=O)C(CCc1ccc(-n2cnnn2)cc1)[N+](=O)[O-])OC. The van der Waals surface area contributed by atoms with E-state index in [1.807, 2.05) is 24.3 Å². The fraction of sp³-hybridized carbons (Fsp3) is 0.529. The van der Waals surface area contributed by atoms with Crippen LogP contribution < -0.4 is 0 Å². The highest BCUT2D eigenvalue weighted by molar-refractivity contribution is 5.49. The van der Waals surface area contributed by atoms with Gasteiger partial charge in [0, 0.05) is 44.3 Å². The van der Waals surface area contributed by atoms with Gasteiger partial charge < -0.3 is 14.3 Å². The summed E-state index contributed by atoms with van der Waals surface area (Å²) in [7, 11) is 2.94. The molecule has 0 N–H and O–H groups in total. The Labute approximate surface area is 156 Å². The standard InChI is InChI=1S/C17H23N5O5/c1-26-17(27-2)11-14(9-10-23)16(22(24)25)8-5-13-3-6-15(7-4-13)21-12-18-19-20-21/h3-4,6-7,10,12,14,16-17H,5,8-9,11H2,1-2H3. The maximum atomic E-state index is 11.6. The third-order valence-corrected chi connectivity index (χ3v) is 4.51. The molecule has 1 aromatic carbocycles. The van der Waals surface area contributed by atoms with Crippen LogP contribution in [0, 0.1) is 16.0 Å². The molecule has 146 valence electrons. The predicted molar refractivity (Wildman–Crippen MR) is 94.9 cm³/mol. The van der Waals surface area contributed by atoms with E-state index in [-0.39, 0.29) is 17.8 Å². The molecule has 0 fully saturated rings. The monoisotopic (exact) mass is 377 g/mol. The molecule has 1 aromatic heterocycles. The lowest BCUT2D eigenvalue weighted by atomic mass is 9.89. The van der Waals surface area contributed by atoms with Crippen LogP contribution in [-0.4, -0.2) is 58.0 Å². The number of hydrogen-bond acceptors (Lipinski definition) is 8. The van der Waals surface area contributed by atoms with Crippen molar-refractivity contribution in [3.63, 3.8) is 0 Å². The average Bonchev–Trinajstić information content (AvgIpc) is 3.21. The molecule has 0 spiro atoms. The van der Waals surface area contributed by atoms with E-state index in [2.05, 4.69) is 15.5 Å². The van der Waals surface area contributed by atoms with E-state index in [1.54, 1.807) is 0 Å². The van der Waals surface area contributed by atoms with Gasteiger partial charge in [0.1, 0.15) is 12.6 Å². The smallest absolute Gasteiger partial charge is 0.216 e. The molecule has 0 saturated carbocycles. The van der Waals surface area contributed by atoms with Crippen LogP contribution in [-0.2, 0) is 20.7 Å². The van der Waals surface area contributed by atoms with Gasteiger partial charge in [-0.1, -0.05) is 12.1 Å². The van der Waals surface area contributed by atoms with Crippen molar-refractivity contribution in [3.05, 3.63) is 46.3 Å². The molecule has 2 unspecified atom stereocenters. The highest BCUT2D eigenvalue weighted by Crippen LogP contribution is 2.23. The number of nitro groups is 1. The molecule has 0 saturated heterocycles. The molecule has 0 bridgehead atoms. The summed E-state index contributed by atoms with van der Waals surface area (Å²) in [6.07, 6.45) is 2.84. The number of hydrogen-bond donors (Lipinski definition) is 0. The summed E-state index contributed by atoms with van der Waals surface area (Å²) in [6.45, 7) is 0. The molecule has 0 radical (unpaired) electrons. The molecule has 2 aromatic rings. The zero-order chi connectivity index (χ0) is 19.6. The van der Waals surface area contributed by atoms with E-state index >= 15 is 0 Å². The maximum Gasteiger partial charge on any atom is 0.216 e. The van der Waals surface area contributed by atoms with Crippen molar-refractivity contribution >= 4 is 6.29 Å². The second kappa shape index (κ2) is 10.4. The molecular formula is C17H23N5O5. The summed E-state index contributed by atoms with van der Waals surface area (Å²) < 4.78 is 11.8. The van der Waals surface area contributed by atoms with Crippen LogP contribution in [0.3, 0.4) is 0 Å². The summed E-state index contributed by atoms with van der Waals surface area (Å²) in [5.41, 5.74) is 1.76. The first-order chi connectivity index (χ1) is 13.1. The summed E-state index contributed by atoms with van der Waals surface area (Å²) in [5, 5.41) is 22.6. The summed E-state index contributed by atoms with van der Waals surface area (Å²) in [4.78, 5) is 22.3. The van der Waals surface area contributed by atoms with E-state index in [0.29, 0.717) is 19.1 Å². The van der Waals surface area contributed by atoms with E-state index < -0.39 is 18.2 Å². The minimum absolute atomic E-state index is 0.0904. The molecule has 0 amide bonds. The Morgan fingerprint density at radius 3 is 2.48 bits per heavy atom. The van der Waals surface area contributed by atoms with Gasteiger partial charge in [-0.15, -0.1) is 5.10 Å². The molecule has 0 aliphatic rings. The number of carbonyl (C=O) groups excluding carboxylic acids is 1. The first kappa shape index (κ1) is 20.6. The van der Waals surface area contributed by atoms with Gasteiger partial charge >= 0.3 is 0 Å². The van der Waals surface area contributed by atoms with Gasteiger partial charge in [-0.3, -0.25) is 10.1 Å². The highest BCUT2D eigenvalue weighted by Gasteiger charge is 2.33. The molecular weight excluding hydrogens is 354 g/mol. The number of carbonyl (C=O) groups is 1. The lowest BCUT2D eigenvalue weighted by Gasteiger charge is -2.23. The minimum atomic E-state index is -0.859. The zero-order valence-corrected chi connectivity index (χ0v) is 15.3. The summed E-state index contributed by atoms with van der Waals surface area (Å²) in [6, 6.07) is 6.61. The molecule has 2 rings (SSSR count). The Morgan fingerprint density at radius 2 is 1.96 bits per heavy atom. The first-order valence-corrected chi connectivity index (χ1v) is 8.54. The van der Waals surface area contributed by atoms with Crippen LogP contribution in [0.25, 0.3) is 5.69 Å². The van der Waals surface area contributed by atoms with Gasteiger partial charge in [0.05, 0.1) is 5.69 Å². The van der Waals surface area contributed by atoms with Gasteiger partial charge in [0.15, 0.2) is 6.29 Å². The number of aryl methyl sites for hydroxylation is 1. The van der Waals surface area contributed by atoms with Gasteiger partial charge in [-0.2, -0.15) is 0 Å².